The number of ether oxygens (including phenoxy) is 1. The van der Waals surface area contributed by atoms with Gasteiger partial charge in [0.15, 0.2) is 5.82 Å². The minimum absolute atomic E-state index is 0.166. The molecule has 0 aliphatic heterocycles. The molecule has 6 nitrogen and oxygen atoms in total. The average Bonchev–Trinajstić information content (AvgIpc) is 3.19. The van der Waals surface area contributed by atoms with Crippen molar-refractivity contribution in [1.29, 1.82) is 0 Å². The molecule has 0 spiro atoms. The highest BCUT2D eigenvalue weighted by atomic mass is 79.9. The second-order valence-electron chi connectivity index (χ2n) is 6.89. The number of benzene rings is 3. The number of nitrogens with zero attached hydrogens (tertiary/aromatic N) is 3. The quantitative estimate of drug-likeness (QED) is 0.389. The van der Waals surface area contributed by atoms with Crippen LogP contribution in [0, 0.1) is 6.92 Å². The van der Waals surface area contributed by atoms with E-state index >= 15 is 0 Å². The van der Waals surface area contributed by atoms with Crippen molar-refractivity contribution in [3.05, 3.63) is 88.4 Å². The largest absolute Gasteiger partial charge is 0.463 e. The molecule has 1 heterocycles. The Bertz CT molecular complexity index is 1200. The van der Waals surface area contributed by atoms with Crippen LogP contribution in [0.15, 0.2) is 77.3 Å². The number of anilines is 1. The van der Waals surface area contributed by atoms with E-state index in [1.165, 1.54) is 0 Å². The molecule has 7 heteroatoms. The summed E-state index contributed by atoms with van der Waals surface area (Å²) in [6.45, 7) is 4.42. The molecule has 31 heavy (non-hydrogen) atoms. The Morgan fingerprint density at radius 2 is 1.74 bits per heavy atom. The molecule has 4 aromatic rings. The molecule has 0 fully saturated rings. The lowest BCUT2D eigenvalue weighted by Gasteiger charge is -2.09. The summed E-state index contributed by atoms with van der Waals surface area (Å²) >= 11 is 3.38. The van der Waals surface area contributed by atoms with E-state index in [-0.39, 0.29) is 5.91 Å². The van der Waals surface area contributed by atoms with Gasteiger partial charge < -0.3 is 10.1 Å². The van der Waals surface area contributed by atoms with E-state index in [2.05, 4.69) is 31.3 Å². The first-order valence-electron chi connectivity index (χ1n) is 9.88. The van der Waals surface area contributed by atoms with Crippen LogP contribution in [0.4, 0.5) is 5.69 Å². The Hall–Kier alpha value is -3.45. The fourth-order valence-electron chi connectivity index (χ4n) is 3.15. The van der Waals surface area contributed by atoms with Gasteiger partial charge in [-0.3, -0.25) is 4.79 Å². The highest BCUT2D eigenvalue weighted by Crippen LogP contribution is 2.27. The van der Waals surface area contributed by atoms with Crippen LogP contribution in [0.25, 0.3) is 17.1 Å². The topological polar surface area (TPSA) is 69.0 Å². The normalized spacial score (nSPS) is 10.7. The number of aryl methyl sites for hydroxylation is 1. The number of amides is 1. The number of rotatable bonds is 6. The molecule has 1 aromatic heterocycles. The molecule has 3 aromatic carbocycles. The third-order valence-corrected chi connectivity index (χ3v) is 5.25. The van der Waals surface area contributed by atoms with Crippen LogP contribution in [0.2, 0.25) is 0 Å². The monoisotopic (exact) mass is 476 g/mol. The standard InChI is InChI=1S/C24H21BrN4O2/c1-3-31-24-27-22(21-7-5-4-6-16(21)2)29(28-24)20-14-12-19(13-15-20)26-23(30)17-8-10-18(25)11-9-17/h4-15H,3H2,1-2H3,(H,26,30). The van der Waals surface area contributed by atoms with Gasteiger partial charge in [0.2, 0.25) is 0 Å². The van der Waals surface area contributed by atoms with E-state index in [1.807, 2.05) is 74.5 Å². The Balaban J connectivity index is 1.62. The van der Waals surface area contributed by atoms with Crippen LogP contribution in [0.3, 0.4) is 0 Å². The van der Waals surface area contributed by atoms with E-state index in [0.717, 1.165) is 21.3 Å². The van der Waals surface area contributed by atoms with Gasteiger partial charge in [-0.2, -0.15) is 4.98 Å². The van der Waals surface area contributed by atoms with Crippen molar-refractivity contribution in [2.24, 2.45) is 0 Å². The van der Waals surface area contributed by atoms with Crippen molar-refractivity contribution in [3.8, 4) is 23.1 Å². The third-order valence-electron chi connectivity index (χ3n) is 4.72. The van der Waals surface area contributed by atoms with Gasteiger partial charge in [-0.15, -0.1) is 5.10 Å². The zero-order chi connectivity index (χ0) is 21.8. The smallest absolute Gasteiger partial charge is 0.336 e. The highest BCUT2D eigenvalue weighted by Gasteiger charge is 2.16. The molecule has 0 saturated carbocycles. The minimum Gasteiger partial charge on any atom is -0.463 e. The van der Waals surface area contributed by atoms with E-state index in [9.17, 15) is 4.79 Å². The second kappa shape index (κ2) is 9.14. The van der Waals surface area contributed by atoms with E-state index in [1.54, 1.807) is 16.8 Å². The number of halogens is 1. The molecule has 0 aliphatic rings. The van der Waals surface area contributed by atoms with E-state index in [0.29, 0.717) is 29.7 Å². The Morgan fingerprint density at radius 3 is 2.42 bits per heavy atom. The van der Waals surface area contributed by atoms with Gasteiger partial charge in [0.25, 0.3) is 5.91 Å². The minimum atomic E-state index is -0.166. The van der Waals surface area contributed by atoms with Crippen molar-refractivity contribution in [2.75, 3.05) is 11.9 Å². The summed E-state index contributed by atoms with van der Waals surface area (Å²) in [5.41, 5.74) is 4.18. The summed E-state index contributed by atoms with van der Waals surface area (Å²) in [6, 6.07) is 23.0. The Morgan fingerprint density at radius 1 is 1.03 bits per heavy atom. The second-order valence-corrected chi connectivity index (χ2v) is 7.80. The molecule has 0 bridgehead atoms. The molecule has 1 N–H and O–H groups in total. The summed E-state index contributed by atoms with van der Waals surface area (Å²) in [5.74, 6) is 0.536. The van der Waals surface area contributed by atoms with Gasteiger partial charge in [-0.1, -0.05) is 40.2 Å². The first-order valence-corrected chi connectivity index (χ1v) is 10.7. The lowest BCUT2D eigenvalue weighted by atomic mass is 10.1. The van der Waals surface area contributed by atoms with Crippen LogP contribution < -0.4 is 10.1 Å². The average molecular weight is 477 g/mol. The van der Waals surface area contributed by atoms with Crippen molar-refractivity contribution in [2.45, 2.75) is 13.8 Å². The van der Waals surface area contributed by atoms with Crippen molar-refractivity contribution in [1.82, 2.24) is 14.8 Å². The summed E-state index contributed by atoms with van der Waals surface area (Å²) in [7, 11) is 0. The molecule has 0 saturated heterocycles. The van der Waals surface area contributed by atoms with Gasteiger partial charge in [0.1, 0.15) is 0 Å². The predicted molar refractivity (Wildman–Crippen MR) is 125 cm³/mol. The predicted octanol–water partition coefficient (Wildman–Crippen LogP) is 5.66. The lowest BCUT2D eigenvalue weighted by molar-refractivity contribution is 0.102. The zero-order valence-corrected chi connectivity index (χ0v) is 18.8. The maximum atomic E-state index is 12.5. The summed E-state index contributed by atoms with van der Waals surface area (Å²) in [6.07, 6.45) is 0. The molecule has 156 valence electrons. The maximum absolute atomic E-state index is 12.5. The third kappa shape index (κ3) is 4.67. The number of hydrogen-bond donors (Lipinski definition) is 1. The summed E-state index contributed by atoms with van der Waals surface area (Å²) in [5, 5.41) is 7.44. The fourth-order valence-corrected chi connectivity index (χ4v) is 3.42. The molecule has 1 amide bonds. The van der Waals surface area contributed by atoms with Crippen LogP contribution in [0.5, 0.6) is 6.01 Å². The van der Waals surface area contributed by atoms with E-state index < -0.39 is 0 Å². The first kappa shape index (κ1) is 20.8. The number of nitrogens with one attached hydrogen (secondary N) is 1. The molecule has 0 unspecified atom stereocenters. The molecule has 0 atom stereocenters. The molecule has 0 aliphatic carbocycles. The lowest BCUT2D eigenvalue weighted by Crippen LogP contribution is -2.11. The zero-order valence-electron chi connectivity index (χ0n) is 17.2. The molecule has 0 radical (unpaired) electrons. The van der Waals surface area contributed by atoms with E-state index in [4.69, 9.17) is 4.74 Å². The van der Waals surface area contributed by atoms with Gasteiger partial charge in [-0.05, 0) is 67.9 Å². The van der Waals surface area contributed by atoms with Crippen molar-refractivity contribution in [3.63, 3.8) is 0 Å². The van der Waals surface area contributed by atoms with Gasteiger partial charge in [-0.25, -0.2) is 4.68 Å². The number of aromatic nitrogens is 3. The molecule has 4 rings (SSSR count). The Labute approximate surface area is 189 Å². The van der Waals surface area contributed by atoms with Crippen LogP contribution in [-0.4, -0.2) is 27.3 Å². The number of carbonyl (C=O) groups is 1. The first-order chi connectivity index (χ1) is 15.0. The molecular weight excluding hydrogens is 456 g/mol. The maximum Gasteiger partial charge on any atom is 0.336 e. The van der Waals surface area contributed by atoms with Crippen molar-refractivity contribution < 1.29 is 9.53 Å². The Kier molecular flexibility index (Phi) is 6.13. The number of hydrogen-bond acceptors (Lipinski definition) is 4. The van der Waals surface area contributed by atoms with Crippen molar-refractivity contribution >= 4 is 27.5 Å². The van der Waals surface area contributed by atoms with Crippen LogP contribution in [0.1, 0.15) is 22.8 Å². The van der Waals surface area contributed by atoms with Gasteiger partial charge in [0.05, 0.1) is 12.3 Å². The summed E-state index contributed by atoms with van der Waals surface area (Å²) in [4.78, 5) is 17.0. The fraction of sp³-hybridized carbons (Fsp3) is 0.125. The van der Waals surface area contributed by atoms with Gasteiger partial charge in [0, 0.05) is 21.3 Å². The SMILES string of the molecule is CCOc1nc(-c2ccccc2C)n(-c2ccc(NC(=O)c3ccc(Br)cc3)cc2)n1. The van der Waals surface area contributed by atoms with Gasteiger partial charge >= 0.3 is 6.01 Å². The summed E-state index contributed by atoms with van der Waals surface area (Å²) < 4.78 is 8.23. The molecular formula is C24H21BrN4O2. The highest BCUT2D eigenvalue weighted by molar-refractivity contribution is 9.10. The van der Waals surface area contributed by atoms with Crippen LogP contribution in [-0.2, 0) is 0 Å². The number of carbonyl (C=O) groups excluding carboxylic acids is 1. The van der Waals surface area contributed by atoms with Crippen LogP contribution >= 0.6 is 15.9 Å².